The van der Waals surface area contributed by atoms with Gasteiger partial charge in [-0.05, 0) is 25.1 Å². The predicted octanol–water partition coefficient (Wildman–Crippen LogP) is 2.22. The molecule has 0 radical (unpaired) electrons. The smallest absolute Gasteiger partial charge is 0.254 e. The van der Waals surface area contributed by atoms with Gasteiger partial charge in [-0.15, -0.1) is 5.10 Å². The molecule has 0 spiro atoms. The van der Waals surface area contributed by atoms with Gasteiger partial charge in [-0.3, -0.25) is 9.48 Å². The van der Waals surface area contributed by atoms with Crippen LogP contribution < -0.4 is 4.74 Å². The minimum Gasteiger partial charge on any atom is -0.468 e. The summed E-state index contributed by atoms with van der Waals surface area (Å²) in [6.07, 6.45) is 3.36. The molecule has 3 heterocycles. The van der Waals surface area contributed by atoms with E-state index in [1.807, 2.05) is 46.8 Å². The van der Waals surface area contributed by atoms with E-state index < -0.39 is 0 Å². The van der Waals surface area contributed by atoms with Crippen LogP contribution in [0.15, 0.2) is 48.8 Å². The van der Waals surface area contributed by atoms with Crippen molar-refractivity contribution in [1.29, 1.82) is 0 Å². The Hall–Kier alpha value is -3.22. The Bertz CT molecular complexity index is 905. The summed E-state index contributed by atoms with van der Waals surface area (Å²) in [4.78, 5) is 22.8. The minimum atomic E-state index is 0.0394. The summed E-state index contributed by atoms with van der Waals surface area (Å²) in [6, 6.07) is 11.3. The Morgan fingerprint density at radius 2 is 1.92 bits per heavy atom. The van der Waals surface area contributed by atoms with E-state index in [4.69, 9.17) is 4.74 Å². The Labute approximate surface area is 151 Å². The highest BCUT2D eigenvalue weighted by molar-refractivity contribution is 5.94. The summed E-state index contributed by atoms with van der Waals surface area (Å²) < 4.78 is 7.57. The first kappa shape index (κ1) is 16.3. The van der Waals surface area contributed by atoms with Gasteiger partial charge in [-0.2, -0.15) is 0 Å². The number of carbonyl (C=O) groups excluding carboxylic acids is 1. The number of fused-ring (bicyclic) bond motifs is 1. The van der Waals surface area contributed by atoms with Gasteiger partial charge in [-0.25, -0.2) is 9.97 Å². The maximum atomic E-state index is 12.7. The molecule has 0 atom stereocenters. The van der Waals surface area contributed by atoms with Crippen LogP contribution in [0.5, 0.6) is 5.88 Å². The Balaban J connectivity index is 1.43. The lowest BCUT2D eigenvalue weighted by molar-refractivity contribution is 0.0706. The predicted molar refractivity (Wildman–Crippen MR) is 94.5 cm³/mol. The second-order valence-corrected chi connectivity index (χ2v) is 6.24. The Morgan fingerprint density at radius 3 is 2.69 bits per heavy atom. The van der Waals surface area contributed by atoms with E-state index in [2.05, 4.69) is 15.1 Å². The zero-order chi connectivity index (χ0) is 17.9. The van der Waals surface area contributed by atoms with Gasteiger partial charge in [0.05, 0.1) is 18.8 Å². The number of amides is 1. The average molecular weight is 349 g/mol. The van der Waals surface area contributed by atoms with Crippen molar-refractivity contribution in [2.75, 3.05) is 6.54 Å². The molecular formula is C19H19N5O2. The first-order chi connectivity index (χ1) is 12.7. The molecule has 7 nitrogen and oxygen atoms in total. The van der Waals surface area contributed by atoms with Gasteiger partial charge in [0.1, 0.15) is 6.61 Å². The normalized spacial score (nSPS) is 13.3. The van der Waals surface area contributed by atoms with Gasteiger partial charge in [0.15, 0.2) is 5.82 Å². The highest BCUT2D eigenvalue weighted by Gasteiger charge is 2.23. The molecule has 1 aromatic carbocycles. The van der Waals surface area contributed by atoms with Crippen LogP contribution in [0.4, 0.5) is 0 Å². The second kappa shape index (κ2) is 6.95. The number of benzene rings is 1. The number of hydrogen-bond acceptors (Lipinski definition) is 5. The standard InChI is InChI=1S/C19H19N5O2/c1-14-3-5-15(6-4-14)19(25)23-9-10-24-16(12-23)11-18(22-24)26-13-17-20-7-2-8-21-17/h2-8,11H,9-10,12-13H2,1H3. The van der Waals surface area contributed by atoms with Gasteiger partial charge >= 0.3 is 0 Å². The monoisotopic (exact) mass is 349 g/mol. The van der Waals surface area contributed by atoms with Crippen molar-refractivity contribution in [2.45, 2.75) is 26.6 Å². The van der Waals surface area contributed by atoms with Crippen molar-refractivity contribution >= 4 is 5.91 Å². The van der Waals surface area contributed by atoms with Gasteiger partial charge < -0.3 is 9.64 Å². The fraction of sp³-hybridized carbons (Fsp3) is 0.263. The van der Waals surface area contributed by atoms with E-state index in [0.717, 1.165) is 11.3 Å². The topological polar surface area (TPSA) is 73.1 Å². The summed E-state index contributed by atoms with van der Waals surface area (Å²) >= 11 is 0. The van der Waals surface area contributed by atoms with Crippen molar-refractivity contribution < 1.29 is 9.53 Å². The van der Waals surface area contributed by atoms with E-state index in [1.165, 1.54) is 0 Å². The van der Waals surface area contributed by atoms with Crippen molar-refractivity contribution in [3.8, 4) is 5.88 Å². The molecule has 0 fully saturated rings. The minimum absolute atomic E-state index is 0.0394. The van der Waals surface area contributed by atoms with Crippen LogP contribution in [0.25, 0.3) is 0 Å². The van der Waals surface area contributed by atoms with Crippen LogP contribution in [0.1, 0.15) is 27.4 Å². The molecule has 7 heteroatoms. The molecule has 0 saturated carbocycles. The highest BCUT2D eigenvalue weighted by Crippen LogP contribution is 2.20. The Morgan fingerprint density at radius 1 is 1.15 bits per heavy atom. The van der Waals surface area contributed by atoms with E-state index in [0.29, 0.717) is 36.9 Å². The largest absolute Gasteiger partial charge is 0.468 e. The van der Waals surface area contributed by atoms with Crippen molar-refractivity contribution in [3.05, 3.63) is 71.4 Å². The third-order valence-corrected chi connectivity index (χ3v) is 4.33. The van der Waals surface area contributed by atoms with E-state index in [1.54, 1.807) is 18.5 Å². The summed E-state index contributed by atoms with van der Waals surface area (Å²) in [6.45, 7) is 4.07. The fourth-order valence-electron chi connectivity index (χ4n) is 2.91. The van der Waals surface area contributed by atoms with Crippen molar-refractivity contribution in [2.24, 2.45) is 0 Å². The molecule has 0 unspecified atom stereocenters. The second-order valence-electron chi connectivity index (χ2n) is 6.24. The lowest BCUT2D eigenvalue weighted by Gasteiger charge is -2.27. The molecule has 1 amide bonds. The summed E-state index contributed by atoms with van der Waals surface area (Å²) in [5, 5.41) is 4.44. The van der Waals surface area contributed by atoms with Crippen LogP contribution in [0, 0.1) is 6.92 Å². The van der Waals surface area contributed by atoms with E-state index >= 15 is 0 Å². The van der Waals surface area contributed by atoms with Crippen LogP contribution >= 0.6 is 0 Å². The zero-order valence-electron chi connectivity index (χ0n) is 14.5. The lowest BCUT2D eigenvalue weighted by atomic mass is 10.1. The van der Waals surface area contributed by atoms with Crippen LogP contribution in [-0.4, -0.2) is 37.1 Å². The van der Waals surface area contributed by atoms with Crippen LogP contribution in [0.2, 0.25) is 0 Å². The number of rotatable bonds is 4. The van der Waals surface area contributed by atoms with Gasteiger partial charge in [-0.1, -0.05) is 17.7 Å². The summed E-state index contributed by atoms with van der Waals surface area (Å²) in [5.74, 6) is 1.17. The highest BCUT2D eigenvalue weighted by atomic mass is 16.5. The average Bonchev–Trinajstić information content (AvgIpc) is 3.09. The van der Waals surface area contributed by atoms with Gasteiger partial charge in [0, 0.05) is 30.6 Å². The molecular weight excluding hydrogens is 330 g/mol. The molecule has 0 N–H and O–H groups in total. The molecule has 0 bridgehead atoms. The molecule has 0 saturated heterocycles. The van der Waals surface area contributed by atoms with Crippen LogP contribution in [0.3, 0.4) is 0 Å². The number of aromatic nitrogens is 4. The molecule has 0 aliphatic carbocycles. The lowest BCUT2D eigenvalue weighted by Crippen LogP contribution is -2.38. The first-order valence-corrected chi connectivity index (χ1v) is 8.50. The number of carbonyl (C=O) groups is 1. The quantitative estimate of drug-likeness (QED) is 0.722. The molecule has 1 aliphatic rings. The molecule has 1 aliphatic heterocycles. The fourth-order valence-corrected chi connectivity index (χ4v) is 2.91. The third kappa shape index (κ3) is 3.42. The summed E-state index contributed by atoms with van der Waals surface area (Å²) in [5.41, 5.74) is 2.81. The maximum absolute atomic E-state index is 12.7. The Kier molecular flexibility index (Phi) is 4.35. The molecule has 132 valence electrons. The SMILES string of the molecule is Cc1ccc(C(=O)N2CCn3nc(OCc4ncccn4)cc3C2)cc1. The number of ether oxygens (including phenoxy) is 1. The molecule has 4 rings (SSSR count). The summed E-state index contributed by atoms with van der Waals surface area (Å²) in [7, 11) is 0. The van der Waals surface area contributed by atoms with Crippen molar-refractivity contribution in [3.63, 3.8) is 0 Å². The maximum Gasteiger partial charge on any atom is 0.254 e. The number of aryl methyl sites for hydroxylation is 1. The van der Waals surface area contributed by atoms with E-state index in [9.17, 15) is 4.79 Å². The van der Waals surface area contributed by atoms with Crippen LogP contribution in [-0.2, 0) is 19.7 Å². The van der Waals surface area contributed by atoms with Gasteiger partial charge in [0.2, 0.25) is 5.88 Å². The number of hydrogen-bond donors (Lipinski definition) is 0. The molecule has 26 heavy (non-hydrogen) atoms. The zero-order valence-corrected chi connectivity index (χ0v) is 14.5. The van der Waals surface area contributed by atoms with Crippen molar-refractivity contribution in [1.82, 2.24) is 24.6 Å². The van der Waals surface area contributed by atoms with E-state index in [-0.39, 0.29) is 12.5 Å². The molecule has 2 aromatic heterocycles. The third-order valence-electron chi connectivity index (χ3n) is 4.33. The first-order valence-electron chi connectivity index (χ1n) is 8.50. The van der Waals surface area contributed by atoms with Gasteiger partial charge in [0.25, 0.3) is 5.91 Å². The number of nitrogens with zero attached hydrogens (tertiary/aromatic N) is 5. The molecule has 3 aromatic rings.